The van der Waals surface area contributed by atoms with Crippen molar-refractivity contribution >= 4 is 23.2 Å². The van der Waals surface area contributed by atoms with Crippen LogP contribution in [0.3, 0.4) is 0 Å². The first-order chi connectivity index (χ1) is 13.2. The smallest absolute Gasteiger partial charge is 0.191 e. The number of halogens is 1. The number of nitrogens with one attached hydrogen (secondary N) is 2. The van der Waals surface area contributed by atoms with E-state index in [0.29, 0.717) is 18.8 Å². The largest absolute Gasteiger partial charge is 0.379 e. The third-order valence-corrected chi connectivity index (χ3v) is 5.25. The summed E-state index contributed by atoms with van der Waals surface area (Å²) in [5, 5.41) is 7.68. The molecule has 0 saturated carbocycles. The van der Waals surface area contributed by atoms with Crippen LogP contribution in [-0.2, 0) is 9.47 Å². The maximum atomic E-state index is 6.11. The predicted molar refractivity (Wildman–Crippen MR) is 111 cm³/mol. The molecule has 2 fully saturated rings. The van der Waals surface area contributed by atoms with Crippen LogP contribution in [0.2, 0.25) is 5.02 Å². The Balaban J connectivity index is 1.30. The van der Waals surface area contributed by atoms with Gasteiger partial charge in [-0.15, -0.1) is 0 Å². The average Bonchev–Trinajstić information content (AvgIpc) is 3.35. The SMILES string of the molecule is CN=C(NCCCOCC1CCCO1)NC1CCN(c2cccc(Cl)c2)C1. The third kappa shape index (κ3) is 6.55. The molecule has 7 heteroatoms. The molecule has 2 aliphatic heterocycles. The van der Waals surface area contributed by atoms with E-state index in [1.165, 1.54) is 5.69 Å². The van der Waals surface area contributed by atoms with Crippen LogP contribution in [0.1, 0.15) is 25.7 Å². The number of benzene rings is 1. The highest BCUT2D eigenvalue weighted by atomic mass is 35.5. The minimum atomic E-state index is 0.303. The number of guanidine groups is 1. The van der Waals surface area contributed by atoms with E-state index < -0.39 is 0 Å². The molecule has 2 unspecified atom stereocenters. The molecule has 0 amide bonds. The minimum absolute atomic E-state index is 0.303. The molecular weight excluding hydrogens is 364 g/mol. The van der Waals surface area contributed by atoms with Gasteiger partial charge in [0.05, 0.1) is 12.7 Å². The van der Waals surface area contributed by atoms with Gasteiger partial charge in [-0.3, -0.25) is 4.99 Å². The molecule has 1 aromatic carbocycles. The van der Waals surface area contributed by atoms with Crippen LogP contribution < -0.4 is 15.5 Å². The molecule has 0 spiro atoms. The van der Waals surface area contributed by atoms with E-state index in [1.807, 2.05) is 25.2 Å². The highest BCUT2D eigenvalue weighted by Gasteiger charge is 2.23. The molecule has 0 radical (unpaired) electrons. The lowest BCUT2D eigenvalue weighted by Gasteiger charge is -2.20. The van der Waals surface area contributed by atoms with Crippen molar-refractivity contribution in [2.75, 3.05) is 51.4 Å². The fourth-order valence-electron chi connectivity index (χ4n) is 3.54. The molecule has 6 nitrogen and oxygen atoms in total. The summed E-state index contributed by atoms with van der Waals surface area (Å²) in [4.78, 5) is 6.70. The normalized spacial score (nSPS) is 23.0. The van der Waals surface area contributed by atoms with Crippen LogP contribution in [0.4, 0.5) is 5.69 Å². The van der Waals surface area contributed by atoms with E-state index in [4.69, 9.17) is 21.1 Å². The Kier molecular flexibility index (Phi) is 8.05. The lowest BCUT2D eigenvalue weighted by molar-refractivity contribution is 0.0168. The van der Waals surface area contributed by atoms with E-state index >= 15 is 0 Å². The van der Waals surface area contributed by atoms with Gasteiger partial charge in [-0.05, 0) is 43.9 Å². The van der Waals surface area contributed by atoms with Crippen molar-refractivity contribution in [1.82, 2.24) is 10.6 Å². The number of rotatable bonds is 8. The van der Waals surface area contributed by atoms with E-state index in [-0.39, 0.29) is 0 Å². The summed E-state index contributed by atoms with van der Waals surface area (Å²) in [6.07, 6.45) is 4.62. The summed E-state index contributed by atoms with van der Waals surface area (Å²) in [5.41, 5.74) is 1.18. The molecule has 2 heterocycles. The van der Waals surface area contributed by atoms with E-state index in [2.05, 4.69) is 26.6 Å². The Morgan fingerprint density at radius 3 is 3.11 bits per heavy atom. The van der Waals surface area contributed by atoms with Gasteiger partial charge in [-0.2, -0.15) is 0 Å². The summed E-state index contributed by atoms with van der Waals surface area (Å²) >= 11 is 6.11. The number of hydrogen-bond acceptors (Lipinski definition) is 4. The van der Waals surface area contributed by atoms with Crippen molar-refractivity contribution in [1.29, 1.82) is 0 Å². The lowest BCUT2D eigenvalue weighted by atomic mass is 10.2. The zero-order valence-corrected chi connectivity index (χ0v) is 16.9. The second-order valence-electron chi connectivity index (χ2n) is 7.12. The molecule has 150 valence electrons. The zero-order valence-electron chi connectivity index (χ0n) is 16.1. The molecule has 3 rings (SSSR count). The van der Waals surface area contributed by atoms with Crippen LogP contribution in [-0.4, -0.2) is 64.6 Å². The first kappa shape index (κ1) is 20.2. The Morgan fingerprint density at radius 2 is 2.33 bits per heavy atom. The molecule has 27 heavy (non-hydrogen) atoms. The van der Waals surface area contributed by atoms with Gasteiger partial charge in [0, 0.05) is 56.6 Å². The number of nitrogens with zero attached hydrogens (tertiary/aromatic N) is 2. The quantitative estimate of drug-likeness (QED) is 0.403. The number of ether oxygens (including phenoxy) is 2. The molecule has 2 N–H and O–H groups in total. The number of anilines is 1. The molecule has 2 aliphatic rings. The van der Waals surface area contributed by atoms with Crippen LogP contribution in [0.15, 0.2) is 29.3 Å². The fourth-order valence-corrected chi connectivity index (χ4v) is 3.73. The van der Waals surface area contributed by atoms with Gasteiger partial charge in [-0.1, -0.05) is 17.7 Å². The van der Waals surface area contributed by atoms with Gasteiger partial charge in [0.1, 0.15) is 0 Å². The highest BCUT2D eigenvalue weighted by molar-refractivity contribution is 6.30. The number of hydrogen-bond donors (Lipinski definition) is 2. The first-order valence-electron chi connectivity index (χ1n) is 9.91. The standard InChI is InChI=1S/C20H31ClN4O2/c1-22-20(23-9-4-11-26-15-19-7-3-12-27-19)24-17-8-10-25(14-17)18-6-2-5-16(21)13-18/h2,5-6,13,17,19H,3-4,7-12,14-15H2,1H3,(H2,22,23,24). The van der Waals surface area contributed by atoms with Crippen LogP contribution in [0.25, 0.3) is 0 Å². The van der Waals surface area contributed by atoms with Crippen molar-refractivity contribution in [3.63, 3.8) is 0 Å². The van der Waals surface area contributed by atoms with Gasteiger partial charge >= 0.3 is 0 Å². The molecular formula is C20H31ClN4O2. The molecule has 2 atom stereocenters. The Hall–Kier alpha value is -1.50. The van der Waals surface area contributed by atoms with E-state index in [9.17, 15) is 0 Å². The predicted octanol–water partition coefficient (Wildman–Crippen LogP) is 2.67. The summed E-state index contributed by atoms with van der Waals surface area (Å²) in [6.45, 7) is 5.16. The van der Waals surface area contributed by atoms with E-state index in [0.717, 1.165) is 69.5 Å². The van der Waals surface area contributed by atoms with Crippen LogP contribution in [0.5, 0.6) is 0 Å². The summed E-state index contributed by atoms with van der Waals surface area (Å²) in [7, 11) is 1.81. The third-order valence-electron chi connectivity index (χ3n) is 5.01. The second kappa shape index (κ2) is 10.7. The zero-order chi connectivity index (χ0) is 18.9. The maximum Gasteiger partial charge on any atom is 0.191 e. The Bertz CT molecular complexity index is 607. The molecule has 2 saturated heterocycles. The average molecular weight is 395 g/mol. The minimum Gasteiger partial charge on any atom is -0.379 e. The summed E-state index contributed by atoms with van der Waals surface area (Å²) in [5.74, 6) is 0.854. The summed E-state index contributed by atoms with van der Waals surface area (Å²) < 4.78 is 11.3. The fraction of sp³-hybridized carbons (Fsp3) is 0.650. The van der Waals surface area contributed by atoms with Gasteiger partial charge in [0.15, 0.2) is 5.96 Å². The topological polar surface area (TPSA) is 58.1 Å². The molecule has 0 bridgehead atoms. The van der Waals surface area contributed by atoms with Crippen LogP contribution in [0, 0.1) is 0 Å². The van der Waals surface area contributed by atoms with Crippen molar-refractivity contribution in [3.05, 3.63) is 29.3 Å². The number of aliphatic imine (C=N–C) groups is 1. The van der Waals surface area contributed by atoms with Crippen LogP contribution >= 0.6 is 11.6 Å². The van der Waals surface area contributed by atoms with Crippen molar-refractivity contribution in [3.8, 4) is 0 Å². The molecule has 0 aliphatic carbocycles. The van der Waals surface area contributed by atoms with E-state index in [1.54, 1.807) is 0 Å². The van der Waals surface area contributed by atoms with Gasteiger partial charge in [0.25, 0.3) is 0 Å². The van der Waals surface area contributed by atoms with Gasteiger partial charge < -0.3 is 25.0 Å². The molecule has 0 aromatic heterocycles. The monoisotopic (exact) mass is 394 g/mol. The van der Waals surface area contributed by atoms with Gasteiger partial charge in [0.2, 0.25) is 0 Å². The molecule has 1 aromatic rings. The Labute approximate surface area is 167 Å². The highest BCUT2D eigenvalue weighted by Crippen LogP contribution is 2.23. The first-order valence-corrected chi connectivity index (χ1v) is 10.3. The van der Waals surface area contributed by atoms with Crippen molar-refractivity contribution in [2.24, 2.45) is 4.99 Å². The lowest BCUT2D eigenvalue weighted by Crippen LogP contribution is -2.45. The maximum absolute atomic E-state index is 6.11. The second-order valence-corrected chi connectivity index (χ2v) is 7.55. The van der Waals surface area contributed by atoms with Crippen molar-refractivity contribution < 1.29 is 9.47 Å². The van der Waals surface area contributed by atoms with Gasteiger partial charge in [-0.25, -0.2) is 0 Å². The van der Waals surface area contributed by atoms with Crippen molar-refractivity contribution in [2.45, 2.75) is 37.8 Å². The Morgan fingerprint density at radius 1 is 1.41 bits per heavy atom. The summed E-state index contributed by atoms with van der Waals surface area (Å²) in [6, 6.07) is 8.42.